The molecule has 3 rings (SSSR count). The Labute approximate surface area is 144 Å². The van der Waals surface area contributed by atoms with Gasteiger partial charge in [0.15, 0.2) is 5.79 Å². The third-order valence-electron chi connectivity index (χ3n) is 5.42. The molecule has 1 aromatic carbocycles. The SMILES string of the molecule is CCOC(=O)CC1CCC(C)(C)c2cc(C3(C)OCCO3)ccc21. The van der Waals surface area contributed by atoms with Gasteiger partial charge >= 0.3 is 5.97 Å². The summed E-state index contributed by atoms with van der Waals surface area (Å²) >= 11 is 0. The molecule has 24 heavy (non-hydrogen) atoms. The highest BCUT2D eigenvalue weighted by Gasteiger charge is 2.38. The highest BCUT2D eigenvalue weighted by Crippen LogP contribution is 2.45. The molecule has 0 N–H and O–H groups in total. The van der Waals surface area contributed by atoms with Crippen LogP contribution in [0.15, 0.2) is 18.2 Å². The number of carbonyl (C=O) groups is 1. The van der Waals surface area contributed by atoms with Crippen LogP contribution in [0.5, 0.6) is 0 Å². The fourth-order valence-corrected chi connectivity index (χ4v) is 3.92. The summed E-state index contributed by atoms with van der Waals surface area (Å²) in [5, 5.41) is 0. The first-order valence-electron chi connectivity index (χ1n) is 8.94. The summed E-state index contributed by atoms with van der Waals surface area (Å²) in [7, 11) is 0. The van der Waals surface area contributed by atoms with Crippen LogP contribution in [0.2, 0.25) is 0 Å². The van der Waals surface area contributed by atoms with E-state index < -0.39 is 5.79 Å². The van der Waals surface area contributed by atoms with Crippen molar-refractivity contribution in [3.63, 3.8) is 0 Å². The number of carbonyl (C=O) groups excluding carboxylic acids is 1. The largest absolute Gasteiger partial charge is 0.466 e. The summed E-state index contributed by atoms with van der Waals surface area (Å²) in [4.78, 5) is 11.9. The zero-order valence-corrected chi connectivity index (χ0v) is 15.2. The minimum absolute atomic E-state index is 0.0888. The summed E-state index contributed by atoms with van der Waals surface area (Å²) in [6.07, 6.45) is 2.54. The fourth-order valence-electron chi connectivity index (χ4n) is 3.92. The van der Waals surface area contributed by atoms with Crippen molar-refractivity contribution >= 4 is 5.97 Å². The van der Waals surface area contributed by atoms with E-state index in [1.165, 1.54) is 11.1 Å². The monoisotopic (exact) mass is 332 g/mol. The molecule has 0 radical (unpaired) electrons. The minimum Gasteiger partial charge on any atom is -0.466 e. The van der Waals surface area contributed by atoms with Crippen LogP contribution in [0.25, 0.3) is 0 Å². The topological polar surface area (TPSA) is 44.8 Å². The third-order valence-corrected chi connectivity index (χ3v) is 5.42. The van der Waals surface area contributed by atoms with Crippen LogP contribution in [0.1, 0.15) is 69.6 Å². The van der Waals surface area contributed by atoms with E-state index in [1.54, 1.807) is 0 Å². The number of fused-ring (bicyclic) bond motifs is 1. The van der Waals surface area contributed by atoms with Crippen molar-refractivity contribution < 1.29 is 19.0 Å². The minimum atomic E-state index is -0.654. The highest BCUT2D eigenvalue weighted by atomic mass is 16.7. The Morgan fingerprint density at radius 1 is 1.25 bits per heavy atom. The van der Waals surface area contributed by atoms with Crippen molar-refractivity contribution in [1.29, 1.82) is 0 Å². The number of benzene rings is 1. The maximum Gasteiger partial charge on any atom is 0.306 e. The molecule has 1 aliphatic carbocycles. The number of rotatable bonds is 4. The molecule has 1 saturated heterocycles. The Morgan fingerprint density at radius 3 is 2.62 bits per heavy atom. The lowest BCUT2D eigenvalue weighted by Gasteiger charge is -2.38. The molecule has 4 nitrogen and oxygen atoms in total. The summed E-state index contributed by atoms with van der Waals surface area (Å²) in [6.45, 7) is 10.1. The number of hydrogen-bond acceptors (Lipinski definition) is 4. The van der Waals surface area contributed by atoms with E-state index >= 15 is 0 Å². The van der Waals surface area contributed by atoms with E-state index in [1.807, 2.05) is 13.8 Å². The molecule has 1 aliphatic heterocycles. The van der Waals surface area contributed by atoms with Gasteiger partial charge < -0.3 is 14.2 Å². The molecule has 1 fully saturated rings. The van der Waals surface area contributed by atoms with Crippen LogP contribution in [-0.2, 0) is 30.2 Å². The summed E-state index contributed by atoms with van der Waals surface area (Å²) in [5.41, 5.74) is 3.72. The zero-order chi connectivity index (χ0) is 17.4. The van der Waals surface area contributed by atoms with Crippen LogP contribution in [0.3, 0.4) is 0 Å². The van der Waals surface area contributed by atoms with E-state index in [9.17, 15) is 4.79 Å². The van der Waals surface area contributed by atoms with Crippen molar-refractivity contribution in [3.05, 3.63) is 34.9 Å². The average Bonchev–Trinajstić information content (AvgIpc) is 2.98. The van der Waals surface area contributed by atoms with Gasteiger partial charge in [0.2, 0.25) is 0 Å². The van der Waals surface area contributed by atoms with Crippen LogP contribution in [0, 0.1) is 0 Å². The number of ether oxygens (including phenoxy) is 3. The van der Waals surface area contributed by atoms with Gasteiger partial charge in [0.1, 0.15) is 0 Å². The third kappa shape index (κ3) is 3.22. The standard InChI is InChI=1S/C20H28O4/c1-5-22-18(21)12-14-8-9-19(2,3)17-13-15(6-7-16(14)17)20(4)23-10-11-24-20/h6-7,13-14H,5,8-12H2,1-4H3. The second-order valence-corrected chi connectivity index (χ2v) is 7.57. The molecule has 0 bridgehead atoms. The van der Waals surface area contributed by atoms with Gasteiger partial charge in [-0.1, -0.05) is 26.0 Å². The Morgan fingerprint density at radius 2 is 1.96 bits per heavy atom. The van der Waals surface area contributed by atoms with Gasteiger partial charge in [-0.2, -0.15) is 0 Å². The van der Waals surface area contributed by atoms with Crippen molar-refractivity contribution in [1.82, 2.24) is 0 Å². The molecule has 0 saturated carbocycles. The average molecular weight is 332 g/mol. The Bertz CT molecular complexity index is 614. The first kappa shape index (κ1) is 17.4. The second-order valence-electron chi connectivity index (χ2n) is 7.57. The van der Waals surface area contributed by atoms with Gasteiger partial charge in [0.25, 0.3) is 0 Å². The van der Waals surface area contributed by atoms with Crippen LogP contribution < -0.4 is 0 Å². The highest BCUT2D eigenvalue weighted by molar-refractivity contribution is 5.71. The van der Waals surface area contributed by atoms with Crippen LogP contribution in [-0.4, -0.2) is 25.8 Å². The molecule has 0 spiro atoms. The zero-order valence-electron chi connectivity index (χ0n) is 15.2. The Kier molecular flexibility index (Phi) is 4.71. The van der Waals surface area contributed by atoms with E-state index in [4.69, 9.17) is 14.2 Å². The van der Waals surface area contributed by atoms with Gasteiger partial charge in [-0.05, 0) is 55.2 Å². The lowest BCUT2D eigenvalue weighted by atomic mass is 9.67. The molecule has 1 unspecified atom stereocenters. The molecule has 0 aromatic heterocycles. The first-order chi connectivity index (χ1) is 11.4. The fraction of sp³-hybridized carbons (Fsp3) is 0.650. The normalized spacial score (nSPS) is 24.4. The molecular formula is C20H28O4. The molecular weight excluding hydrogens is 304 g/mol. The molecule has 1 heterocycles. The van der Waals surface area contributed by atoms with E-state index in [0.717, 1.165) is 18.4 Å². The molecule has 0 amide bonds. The lowest BCUT2D eigenvalue weighted by molar-refractivity contribution is -0.149. The van der Waals surface area contributed by atoms with Gasteiger partial charge in [0.05, 0.1) is 26.2 Å². The second kappa shape index (κ2) is 6.49. The van der Waals surface area contributed by atoms with Crippen LogP contribution >= 0.6 is 0 Å². The van der Waals surface area contributed by atoms with Crippen molar-refractivity contribution in [2.75, 3.05) is 19.8 Å². The summed E-state index contributed by atoms with van der Waals surface area (Å²) in [5.74, 6) is -0.523. The van der Waals surface area contributed by atoms with Gasteiger partial charge in [-0.3, -0.25) is 4.79 Å². The lowest BCUT2D eigenvalue weighted by Crippen LogP contribution is -2.30. The number of esters is 1. The Balaban J connectivity index is 1.93. The number of hydrogen-bond donors (Lipinski definition) is 0. The van der Waals surface area contributed by atoms with E-state index in [0.29, 0.717) is 26.2 Å². The Hall–Kier alpha value is -1.39. The predicted octanol–water partition coefficient (Wildman–Crippen LogP) is 4.01. The quantitative estimate of drug-likeness (QED) is 0.781. The summed E-state index contributed by atoms with van der Waals surface area (Å²) in [6, 6.07) is 6.47. The van der Waals surface area contributed by atoms with Crippen molar-refractivity contribution in [3.8, 4) is 0 Å². The van der Waals surface area contributed by atoms with Crippen LogP contribution in [0.4, 0.5) is 0 Å². The summed E-state index contributed by atoms with van der Waals surface area (Å²) < 4.78 is 16.8. The van der Waals surface area contributed by atoms with Gasteiger partial charge in [-0.25, -0.2) is 0 Å². The van der Waals surface area contributed by atoms with Gasteiger partial charge in [-0.15, -0.1) is 0 Å². The van der Waals surface area contributed by atoms with Gasteiger partial charge in [0, 0.05) is 5.56 Å². The maximum atomic E-state index is 11.9. The molecule has 1 atom stereocenters. The molecule has 2 aliphatic rings. The first-order valence-corrected chi connectivity index (χ1v) is 8.94. The smallest absolute Gasteiger partial charge is 0.306 e. The van der Waals surface area contributed by atoms with E-state index in [-0.39, 0.29) is 17.3 Å². The van der Waals surface area contributed by atoms with E-state index in [2.05, 4.69) is 32.0 Å². The molecule has 1 aromatic rings. The maximum absolute atomic E-state index is 11.9. The van der Waals surface area contributed by atoms with Crippen molar-refractivity contribution in [2.45, 2.75) is 64.1 Å². The predicted molar refractivity (Wildman–Crippen MR) is 91.9 cm³/mol. The molecule has 4 heteroatoms. The van der Waals surface area contributed by atoms with Crippen molar-refractivity contribution in [2.24, 2.45) is 0 Å². The molecule has 132 valence electrons.